The minimum atomic E-state index is -0.141. The molecule has 128 valence electrons. The molecule has 0 atom stereocenters. The van der Waals surface area contributed by atoms with Crippen LogP contribution in [0, 0.1) is 12.8 Å². The second kappa shape index (κ2) is 7.03. The number of ether oxygens (including phenoxy) is 1. The van der Waals surface area contributed by atoms with Gasteiger partial charge in [0, 0.05) is 18.5 Å². The van der Waals surface area contributed by atoms with Gasteiger partial charge in [-0.15, -0.1) is 0 Å². The molecular formula is C18H23N3O3. The van der Waals surface area contributed by atoms with E-state index < -0.39 is 0 Å². The van der Waals surface area contributed by atoms with Crippen molar-refractivity contribution in [2.24, 2.45) is 5.92 Å². The molecule has 1 fully saturated rings. The molecule has 6 heteroatoms. The molecule has 24 heavy (non-hydrogen) atoms. The van der Waals surface area contributed by atoms with Crippen LogP contribution in [0.5, 0.6) is 0 Å². The molecule has 0 unspecified atom stereocenters. The van der Waals surface area contributed by atoms with Gasteiger partial charge in [0.25, 0.3) is 0 Å². The highest BCUT2D eigenvalue weighted by molar-refractivity contribution is 5.82. The first-order chi connectivity index (χ1) is 11.6. The third-order valence-electron chi connectivity index (χ3n) is 4.55. The molecule has 1 aliphatic rings. The van der Waals surface area contributed by atoms with Gasteiger partial charge in [0.05, 0.1) is 24.2 Å². The zero-order valence-corrected chi connectivity index (χ0v) is 14.2. The van der Waals surface area contributed by atoms with Gasteiger partial charge >= 0.3 is 5.97 Å². The van der Waals surface area contributed by atoms with Gasteiger partial charge in [-0.05, 0) is 38.3 Å². The Hall–Kier alpha value is -2.37. The quantitative estimate of drug-likeness (QED) is 0.806. The Balaban J connectivity index is 1.61. The van der Waals surface area contributed by atoms with E-state index in [0.717, 1.165) is 16.5 Å². The Kier molecular flexibility index (Phi) is 4.83. The van der Waals surface area contributed by atoms with Crippen LogP contribution in [-0.4, -0.2) is 46.3 Å². The average Bonchev–Trinajstić information content (AvgIpc) is 2.97. The molecule has 0 saturated carbocycles. The number of amides is 1. The minimum Gasteiger partial charge on any atom is -0.466 e. The molecule has 0 radical (unpaired) electrons. The highest BCUT2D eigenvalue weighted by Gasteiger charge is 2.28. The summed E-state index contributed by atoms with van der Waals surface area (Å²) >= 11 is 0. The number of aryl methyl sites for hydroxylation is 1. The predicted octanol–water partition coefficient (Wildman–Crippen LogP) is 2.15. The molecule has 1 aliphatic heterocycles. The second-order valence-corrected chi connectivity index (χ2v) is 6.27. The van der Waals surface area contributed by atoms with Crippen LogP contribution in [0.15, 0.2) is 24.4 Å². The highest BCUT2D eigenvalue weighted by Crippen LogP contribution is 2.20. The Morgan fingerprint density at radius 2 is 2.04 bits per heavy atom. The second-order valence-electron chi connectivity index (χ2n) is 6.27. The largest absolute Gasteiger partial charge is 0.466 e. The van der Waals surface area contributed by atoms with Crippen LogP contribution in [0.4, 0.5) is 0 Å². The van der Waals surface area contributed by atoms with E-state index in [1.54, 1.807) is 10.9 Å². The van der Waals surface area contributed by atoms with E-state index in [9.17, 15) is 9.59 Å². The van der Waals surface area contributed by atoms with E-state index in [1.165, 1.54) is 0 Å². The van der Waals surface area contributed by atoms with Gasteiger partial charge in [-0.25, -0.2) is 0 Å². The van der Waals surface area contributed by atoms with E-state index in [-0.39, 0.29) is 24.3 Å². The van der Waals surface area contributed by atoms with Crippen molar-refractivity contribution in [2.45, 2.75) is 33.2 Å². The molecule has 0 aliphatic carbocycles. The summed E-state index contributed by atoms with van der Waals surface area (Å²) in [4.78, 5) is 26.1. The maximum atomic E-state index is 12.5. The van der Waals surface area contributed by atoms with Gasteiger partial charge in [0.15, 0.2) is 0 Å². The number of esters is 1. The molecular weight excluding hydrogens is 306 g/mol. The molecule has 1 saturated heterocycles. The predicted molar refractivity (Wildman–Crippen MR) is 90.4 cm³/mol. The van der Waals surface area contributed by atoms with Gasteiger partial charge in [-0.1, -0.05) is 12.1 Å². The maximum absolute atomic E-state index is 12.5. The molecule has 6 nitrogen and oxygen atoms in total. The summed E-state index contributed by atoms with van der Waals surface area (Å²) in [6, 6.07) is 6.10. The van der Waals surface area contributed by atoms with E-state index in [2.05, 4.69) is 5.10 Å². The van der Waals surface area contributed by atoms with Crippen LogP contribution >= 0.6 is 0 Å². The Labute approximate surface area is 141 Å². The number of aromatic nitrogens is 2. The van der Waals surface area contributed by atoms with Crippen LogP contribution in [0.3, 0.4) is 0 Å². The highest BCUT2D eigenvalue weighted by atomic mass is 16.5. The molecule has 1 aromatic carbocycles. The molecule has 0 N–H and O–H groups in total. The zero-order chi connectivity index (χ0) is 17.1. The lowest BCUT2D eigenvalue weighted by atomic mass is 9.97. The summed E-state index contributed by atoms with van der Waals surface area (Å²) < 4.78 is 6.82. The number of carbonyl (C=O) groups is 2. The third-order valence-corrected chi connectivity index (χ3v) is 4.55. The first-order valence-corrected chi connectivity index (χ1v) is 8.45. The summed E-state index contributed by atoms with van der Waals surface area (Å²) in [6.07, 6.45) is 3.13. The maximum Gasteiger partial charge on any atom is 0.309 e. The number of likely N-dealkylation sites (tertiary alicyclic amines) is 1. The SMILES string of the molecule is CCOC(=O)C1CCN(C(=O)Cn2ncc3ccc(C)cc32)CC1. The molecule has 3 rings (SSSR count). The van der Waals surface area contributed by atoms with Crippen molar-refractivity contribution >= 4 is 22.8 Å². The van der Waals surface area contributed by atoms with Crippen molar-refractivity contribution < 1.29 is 14.3 Å². The van der Waals surface area contributed by atoms with Crippen LogP contribution < -0.4 is 0 Å². The van der Waals surface area contributed by atoms with E-state index >= 15 is 0 Å². The fourth-order valence-electron chi connectivity index (χ4n) is 3.16. The number of carbonyl (C=O) groups excluding carboxylic acids is 2. The van der Waals surface area contributed by atoms with Crippen molar-refractivity contribution in [1.82, 2.24) is 14.7 Å². The first-order valence-electron chi connectivity index (χ1n) is 8.45. The van der Waals surface area contributed by atoms with Crippen molar-refractivity contribution in [1.29, 1.82) is 0 Å². The Bertz CT molecular complexity index is 745. The third kappa shape index (κ3) is 3.42. The lowest BCUT2D eigenvalue weighted by molar-refractivity contribution is -0.151. The summed E-state index contributed by atoms with van der Waals surface area (Å²) in [6.45, 7) is 5.67. The fraction of sp³-hybridized carbons (Fsp3) is 0.500. The monoisotopic (exact) mass is 329 g/mol. The number of piperidine rings is 1. The minimum absolute atomic E-state index is 0.0452. The fourth-order valence-corrected chi connectivity index (χ4v) is 3.16. The van der Waals surface area contributed by atoms with Crippen molar-refractivity contribution in [2.75, 3.05) is 19.7 Å². The van der Waals surface area contributed by atoms with Crippen LogP contribution in [-0.2, 0) is 20.9 Å². The summed E-state index contributed by atoms with van der Waals surface area (Å²) in [5.41, 5.74) is 2.12. The molecule has 0 bridgehead atoms. The van der Waals surface area contributed by atoms with Gasteiger partial charge in [-0.2, -0.15) is 5.10 Å². The van der Waals surface area contributed by atoms with Gasteiger partial charge in [-0.3, -0.25) is 14.3 Å². The molecule has 2 heterocycles. The average molecular weight is 329 g/mol. The Morgan fingerprint density at radius 1 is 1.29 bits per heavy atom. The van der Waals surface area contributed by atoms with Gasteiger partial charge in [0.2, 0.25) is 5.91 Å². The normalized spacial score (nSPS) is 15.7. The number of rotatable bonds is 4. The van der Waals surface area contributed by atoms with Crippen molar-refractivity contribution in [3.63, 3.8) is 0 Å². The van der Waals surface area contributed by atoms with E-state index in [4.69, 9.17) is 4.74 Å². The van der Waals surface area contributed by atoms with Crippen LogP contribution in [0.1, 0.15) is 25.3 Å². The number of fused-ring (bicyclic) bond motifs is 1. The molecule has 1 amide bonds. The number of nitrogens with zero attached hydrogens (tertiary/aromatic N) is 3. The topological polar surface area (TPSA) is 64.4 Å². The lowest BCUT2D eigenvalue weighted by Crippen LogP contribution is -2.42. The van der Waals surface area contributed by atoms with Gasteiger partial charge in [0.1, 0.15) is 6.54 Å². The number of hydrogen-bond acceptors (Lipinski definition) is 4. The summed E-state index contributed by atoms with van der Waals surface area (Å²) in [7, 11) is 0. The zero-order valence-electron chi connectivity index (χ0n) is 14.2. The smallest absolute Gasteiger partial charge is 0.309 e. The van der Waals surface area contributed by atoms with Crippen LogP contribution in [0.25, 0.3) is 10.9 Å². The number of hydrogen-bond donors (Lipinski definition) is 0. The summed E-state index contributed by atoms with van der Waals surface area (Å²) in [5.74, 6) is -0.177. The van der Waals surface area contributed by atoms with Crippen LogP contribution in [0.2, 0.25) is 0 Å². The summed E-state index contributed by atoms with van der Waals surface area (Å²) in [5, 5.41) is 5.37. The van der Waals surface area contributed by atoms with Gasteiger partial charge < -0.3 is 9.64 Å². The lowest BCUT2D eigenvalue weighted by Gasteiger charge is -2.30. The molecule has 2 aromatic rings. The standard InChI is InChI=1S/C18H23N3O3/c1-3-24-18(23)14-6-8-20(9-7-14)17(22)12-21-16-10-13(2)4-5-15(16)11-19-21/h4-5,10-11,14H,3,6-9,12H2,1-2H3. The van der Waals surface area contributed by atoms with E-state index in [0.29, 0.717) is 32.5 Å². The molecule has 0 spiro atoms. The van der Waals surface area contributed by atoms with Crippen molar-refractivity contribution in [3.8, 4) is 0 Å². The number of benzene rings is 1. The van der Waals surface area contributed by atoms with Crippen molar-refractivity contribution in [3.05, 3.63) is 30.0 Å². The first kappa shape index (κ1) is 16.5. The molecule has 1 aromatic heterocycles. The van der Waals surface area contributed by atoms with E-state index in [1.807, 2.05) is 36.9 Å². The Morgan fingerprint density at radius 3 is 2.75 bits per heavy atom.